The van der Waals surface area contributed by atoms with Gasteiger partial charge in [-0.15, -0.1) is 0 Å². The Hall–Kier alpha value is -2.11. The summed E-state index contributed by atoms with van der Waals surface area (Å²) in [5.74, 6) is 1.07. The number of carbonyl (C=O) groups is 1. The third kappa shape index (κ3) is 4.19. The first-order chi connectivity index (χ1) is 10.6. The summed E-state index contributed by atoms with van der Waals surface area (Å²) in [4.78, 5) is 17.8. The molecule has 1 aromatic heterocycles. The standard InChI is InChI=1S/C16H18ClN3O2/c1-18-9-10-20(2)16(21)12-3-4-15(14(17)11-12)22-13-5-7-19-8-6-13/h3-8,11,18H,9-10H2,1-2H3. The molecule has 0 unspecified atom stereocenters. The van der Waals surface area contributed by atoms with Crippen LogP contribution in [0.4, 0.5) is 0 Å². The van der Waals surface area contributed by atoms with Crippen LogP contribution >= 0.6 is 11.6 Å². The van der Waals surface area contributed by atoms with E-state index in [0.717, 1.165) is 6.54 Å². The SMILES string of the molecule is CNCCN(C)C(=O)c1ccc(Oc2ccncc2)c(Cl)c1. The molecular formula is C16H18ClN3O2. The van der Waals surface area contributed by atoms with E-state index in [1.165, 1.54) is 0 Å². The Balaban J connectivity index is 2.10. The molecule has 2 aromatic rings. The maximum Gasteiger partial charge on any atom is 0.253 e. The van der Waals surface area contributed by atoms with Gasteiger partial charge in [-0.05, 0) is 37.4 Å². The van der Waals surface area contributed by atoms with Crippen LogP contribution < -0.4 is 10.1 Å². The van der Waals surface area contributed by atoms with E-state index in [-0.39, 0.29) is 5.91 Å². The van der Waals surface area contributed by atoms with Crippen LogP contribution in [0, 0.1) is 0 Å². The Labute approximate surface area is 134 Å². The first-order valence-corrected chi connectivity index (χ1v) is 7.27. The molecule has 0 spiro atoms. The molecule has 1 amide bonds. The van der Waals surface area contributed by atoms with Crippen LogP contribution in [0.15, 0.2) is 42.7 Å². The lowest BCUT2D eigenvalue weighted by Crippen LogP contribution is -2.32. The molecule has 0 saturated heterocycles. The molecule has 0 saturated carbocycles. The third-order valence-electron chi connectivity index (χ3n) is 3.10. The topological polar surface area (TPSA) is 54.5 Å². The van der Waals surface area contributed by atoms with Gasteiger partial charge in [0.1, 0.15) is 11.5 Å². The average molecular weight is 320 g/mol. The van der Waals surface area contributed by atoms with E-state index in [4.69, 9.17) is 16.3 Å². The minimum atomic E-state index is -0.0763. The molecule has 0 radical (unpaired) electrons. The van der Waals surface area contributed by atoms with Gasteiger partial charge in [-0.2, -0.15) is 0 Å². The van der Waals surface area contributed by atoms with E-state index in [0.29, 0.717) is 28.6 Å². The molecule has 0 fully saturated rings. The Morgan fingerprint density at radius 3 is 2.68 bits per heavy atom. The molecule has 116 valence electrons. The molecule has 0 aliphatic carbocycles. The Morgan fingerprint density at radius 1 is 1.32 bits per heavy atom. The zero-order valence-electron chi connectivity index (χ0n) is 12.5. The summed E-state index contributed by atoms with van der Waals surface area (Å²) in [7, 11) is 3.61. The molecular weight excluding hydrogens is 302 g/mol. The predicted molar refractivity (Wildman–Crippen MR) is 86.7 cm³/mol. The summed E-state index contributed by atoms with van der Waals surface area (Å²) in [6.45, 7) is 1.36. The highest BCUT2D eigenvalue weighted by Crippen LogP contribution is 2.30. The highest BCUT2D eigenvalue weighted by Gasteiger charge is 2.13. The van der Waals surface area contributed by atoms with Crippen molar-refractivity contribution in [2.75, 3.05) is 27.2 Å². The fraction of sp³-hybridized carbons (Fsp3) is 0.250. The van der Waals surface area contributed by atoms with Crippen molar-refractivity contribution in [3.05, 3.63) is 53.3 Å². The molecule has 22 heavy (non-hydrogen) atoms. The van der Waals surface area contributed by atoms with Crippen molar-refractivity contribution in [1.29, 1.82) is 0 Å². The molecule has 6 heteroatoms. The fourth-order valence-electron chi connectivity index (χ4n) is 1.85. The number of likely N-dealkylation sites (N-methyl/N-ethyl adjacent to an activating group) is 2. The number of ether oxygens (including phenoxy) is 1. The lowest BCUT2D eigenvalue weighted by Gasteiger charge is -2.17. The maximum atomic E-state index is 12.3. The van der Waals surface area contributed by atoms with Gasteiger partial charge in [-0.1, -0.05) is 11.6 Å². The monoisotopic (exact) mass is 319 g/mol. The number of amides is 1. The third-order valence-corrected chi connectivity index (χ3v) is 3.40. The fourth-order valence-corrected chi connectivity index (χ4v) is 2.07. The summed E-state index contributed by atoms with van der Waals surface area (Å²) in [5, 5.41) is 3.40. The Morgan fingerprint density at radius 2 is 2.05 bits per heavy atom. The second-order valence-corrected chi connectivity index (χ2v) is 5.17. The average Bonchev–Trinajstić information content (AvgIpc) is 2.54. The number of hydrogen-bond donors (Lipinski definition) is 1. The van der Waals surface area contributed by atoms with Crippen LogP contribution in [0.5, 0.6) is 11.5 Å². The molecule has 5 nitrogen and oxygen atoms in total. The molecule has 2 rings (SSSR count). The zero-order valence-corrected chi connectivity index (χ0v) is 13.3. The van der Waals surface area contributed by atoms with Crippen molar-refractivity contribution in [1.82, 2.24) is 15.2 Å². The number of aromatic nitrogens is 1. The van der Waals surface area contributed by atoms with E-state index in [1.54, 1.807) is 54.7 Å². The second kappa shape index (κ2) is 7.77. The number of rotatable bonds is 6. The molecule has 1 aromatic carbocycles. The van der Waals surface area contributed by atoms with Crippen molar-refractivity contribution >= 4 is 17.5 Å². The van der Waals surface area contributed by atoms with Crippen LogP contribution in [0.2, 0.25) is 5.02 Å². The number of nitrogens with one attached hydrogen (secondary N) is 1. The van der Waals surface area contributed by atoms with Crippen molar-refractivity contribution in [3.8, 4) is 11.5 Å². The molecule has 1 heterocycles. The van der Waals surface area contributed by atoms with Gasteiger partial charge in [-0.3, -0.25) is 9.78 Å². The number of hydrogen-bond acceptors (Lipinski definition) is 4. The summed E-state index contributed by atoms with van der Waals surface area (Å²) >= 11 is 6.21. The van der Waals surface area contributed by atoms with E-state index in [1.807, 2.05) is 7.05 Å². The van der Waals surface area contributed by atoms with Crippen LogP contribution in [-0.4, -0.2) is 43.0 Å². The molecule has 0 atom stereocenters. The molecule has 0 bridgehead atoms. The van der Waals surface area contributed by atoms with Gasteiger partial charge in [0.25, 0.3) is 5.91 Å². The highest BCUT2D eigenvalue weighted by atomic mass is 35.5. The number of benzene rings is 1. The number of halogens is 1. The van der Waals surface area contributed by atoms with Crippen LogP contribution in [-0.2, 0) is 0 Å². The van der Waals surface area contributed by atoms with Gasteiger partial charge >= 0.3 is 0 Å². The number of carbonyl (C=O) groups excluding carboxylic acids is 1. The summed E-state index contributed by atoms with van der Waals surface area (Å²) in [6.07, 6.45) is 3.27. The van der Waals surface area contributed by atoms with Gasteiger partial charge in [0, 0.05) is 38.1 Å². The lowest BCUT2D eigenvalue weighted by atomic mass is 10.2. The normalized spacial score (nSPS) is 10.3. The first kappa shape index (κ1) is 16.3. The van der Waals surface area contributed by atoms with E-state index in [9.17, 15) is 4.79 Å². The highest BCUT2D eigenvalue weighted by molar-refractivity contribution is 6.32. The largest absolute Gasteiger partial charge is 0.456 e. The smallest absolute Gasteiger partial charge is 0.253 e. The van der Waals surface area contributed by atoms with E-state index >= 15 is 0 Å². The summed E-state index contributed by atoms with van der Waals surface area (Å²) in [5.41, 5.74) is 0.533. The summed E-state index contributed by atoms with van der Waals surface area (Å²) in [6, 6.07) is 8.50. The summed E-state index contributed by atoms with van der Waals surface area (Å²) < 4.78 is 5.66. The molecule has 1 N–H and O–H groups in total. The number of pyridine rings is 1. The maximum absolute atomic E-state index is 12.3. The Bertz CT molecular complexity index is 635. The van der Waals surface area contributed by atoms with Gasteiger partial charge in [0.15, 0.2) is 0 Å². The number of nitrogens with zero attached hydrogens (tertiary/aromatic N) is 2. The van der Waals surface area contributed by atoms with Crippen molar-refractivity contribution in [3.63, 3.8) is 0 Å². The van der Waals surface area contributed by atoms with Crippen LogP contribution in [0.3, 0.4) is 0 Å². The van der Waals surface area contributed by atoms with Gasteiger partial charge in [-0.25, -0.2) is 0 Å². The molecule has 0 aliphatic heterocycles. The van der Waals surface area contributed by atoms with Crippen molar-refractivity contribution in [2.24, 2.45) is 0 Å². The molecule has 0 aliphatic rings. The predicted octanol–water partition coefficient (Wildman–Crippen LogP) is 2.82. The van der Waals surface area contributed by atoms with Crippen molar-refractivity contribution < 1.29 is 9.53 Å². The zero-order chi connectivity index (χ0) is 15.9. The van der Waals surface area contributed by atoms with Crippen LogP contribution in [0.1, 0.15) is 10.4 Å². The van der Waals surface area contributed by atoms with E-state index in [2.05, 4.69) is 10.3 Å². The van der Waals surface area contributed by atoms with Gasteiger partial charge in [0.05, 0.1) is 5.02 Å². The first-order valence-electron chi connectivity index (χ1n) is 6.89. The van der Waals surface area contributed by atoms with Gasteiger partial charge < -0.3 is 15.0 Å². The quantitative estimate of drug-likeness (QED) is 0.889. The minimum absolute atomic E-state index is 0.0763. The lowest BCUT2D eigenvalue weighted by molar-refractivity contribution is 0.0797. The van der Waals surface area contributed by atoms with Gasteiger partial charge in [0.2, 0.25) is 0 Å². The Kier molecular flexibility index (Phi) is 5.75. The van der Waals surface area contributed by atoms with Crippen LogP contribution in [0.25, 0.3) is 0 Å². The van der Waals surface area contributed by atoms with Crippen molar-refractivity contribution in [2.45, 2.75) is 0 Å². The van der Waals surface area contributed by atoms with E-state index < -0.39 is 0 Å². The second-order valence-electron chi connectivity index (χ2n) is 4.76. The minimum Gasteiger partial charge on any atom is -0.456 e.